The van der Waals surface area contributed by atoms with Gasteiger partial charge in [0.15, 0.2) is 0 Å². The van der Waals surface area contributed by atoms with Gasteiger partial charge in [-0.15, -0.1) is 0 Å². The standard InChI is InChI=1S/C40H38OP2Si/c1-41-35-27-17-28-36(42(31-19-9-5-10-20-31)32-21-11-6-12-22-32)39(35)40-37(29-18-30-38(40)44(2,3)4)43(33-23-13-7-14-24-33)34-25-15-8-16-26-34/h5-30H,1-4H3. The highest BCUT2D eigenvalue weighted by Gasteiger charge is 2.32. The van der Waals surface area contributed by atoms with Crippen molar-refractivity contribution in [3.05, 3.63) is 158 Å². The molecule has 6 rings (SSSR count). The van der Waals surface area contributed by atoms with Crippen LogP contribution in [-0.2, 0) is 0 Å². The Morgan fingerprint density at radius 3 is 1.14 bits per heavy atom. The Labute approximate surface area is 266 Å². The minimum Gasteiger partial charge on any atom is -0.496 e. The Balaban J connectivity index is 1.73. The van der Waals surface area contributed by atoms with Gasteiger partial charge in [0.25, 0.3) is 0 Å². The highest BCUT2D eigenvalue weighted by Crippen LogP contribution is 2.44. The maximum Gasteiger partial charge on any atom is 0.127 e. The van der Waals surface area contributed by atoms with Gasteiger partial charge in [-0.05, 0) is 59.3 Å². The van der Waals surface area contributed by atoms with Gasteiger partial charge in [0.1, 0.15) is 5.75 Å². The van der Waals surface area contributed by atoms with Crippen LogP contribution in [0.1, 0.15) is 0 Å². The lowest BCUT2D eigenvalue weighted by Gasteiger charge is -2.31. The Morgan fingerprint density at radius 2 is 0.773 bits per heavy atom. The van der Waals surface area contributed by atoms with Gasteiger partial charge in [0.2, 0.25) is 0 Å². The molecule has 218 valence electrons. The molecule has 0 N–H and O–H groups in total. The first-order chi connectivity index (χ1) is 21.5. The molecule has 0 heterocycles. The summed E-state index contributed by atoms with van der Waals surface area (Å²) in [7, 11) is -1.70. The van der Waals surface area contributed by atoms with E-state index < -0.39 is 23.9 Å². The van der Waals surface area contributed by atoms with Crippen LogP contribution in [0.25, 0.3) is 11.1 Å². The van der Waals surface area contributed by atoms with Gasteiger partial charge < -0.3 is 4.74 Å². The highest BCUT2D eigenvalue weighted by atomic mass is 31.1. The maximum absolute atomic E-state index is 6.31. The van der Waals surface area contributed by atoms with E-state index in [1.54, 1.807) is 0 Å². The van der Waals surface area contributed by atoms with Crippen LogP contribution in [0.3, 0.4) is 0 Å². The molecule has 0 bridgehead atoms. The fourth-order valence-corrected chi connectivity index (χ4v) is 12.6. The third-order valence-corrected chi connectivity index (χ3v) is 14.9. The van der Waals surface area contributed by atoms with E-state index >= 15 is 0 Å². The van der Waals surface area contributed by atoms with Crippen LogP contribution < -0.4 is 41.8 Å². The molecule has 0 spiro atoms. The zero-order chi connectivity index (χ0) is 30.5. The molecule has 0 aromatic heterocycles. The molecule has 0 aliphatic rings. The minimum atomic E-state index is -1.83. The fourth-order valence-electron chi connectivity index (χ4n) is 5.90. The summed E-state index contributed by atoms with van der Waals surface area (Å²) in [6.07, 6.45) is 0. The maximum atomic E-state index is 6.31. The quantitative estimate of drug-likeness (QED) is 0.120. The highest BCUT2D eigenvalue weighted by molar-refractivity contribution is 7.80. The molecular weight excluding hydrogens is 586 g/mol. The lowest BCUT2D eigenvalue weighted by atomic mass is 10.0. The number of hydrogen-bond donors (Lipinski definition) is 0. The fraction of sp³-hybridized carbons (Fsp3) is 0.100. The summed E-state index contributed by atoms with van der Waals surface area (Å²) in [5.74, 6) is 0.935. The molecule has 6 aromatic carbocycles. The van der Waals surface area contributed by atoms with E-state index in [2.05, 4.69) is 177 Å². The van der Waals surface area contributed by atoms with Crippen molar-refractivity contribution in [3.8, 4) is 16.9 Å². The molecule has 0 atom stereocenters. The zero-order valence-electron chi connectivity index (χ0n) is 25.8. The summed E-state index contributed by atoms with van der Waals surface area (Å²) in [5.41, 5.74) is 2.60. The van der Waals surface area contributed by atoms with Crippen molar-refractivity contribution < 1.29 is 4.74 Å². The number of ether oxygens (including phenoxy) is 1. The molecule has 0 saturated heterocycles. The average Bonchev–Trinajstić information content (AvgIpc) is 3.06. The van der Waals surface area contributed by atoms with Crippen LogP contribution in [-0.4, -0.2) is 15.2 Å². The van der Waals surface area contributed by atoms with E-state index in [4.69, 9.17) is 4.74 Å². The smallest absolute Gasteiger partial charge is 0.127 e. The molecule has 1 nitrogen and oxygen atoms in total. The first-order valence-corrected chi connectivity index (χ1v) is 21.3. The van der Waals surface area contributed by atoms with Gasteiger partial charge in [-0.3, -0.25) is 0 Å². The second-order valence-electron chi connectivity index (χ2n) is 11.8. The van der Waals surface area contributed by atoms with Crippen molar-refractivity contribution in [2.75, 3.05) is 7.11 Å². The van der Waals surface area contributed by atoms with Crippen molar-refractivity contribution in [2.24, 2.45) is 0 Å². The zero-order valence-corrected chi connectivity index (χ0v) is 28.6. The van der Waals surface area contributed by atoms with Crippen molar-refractivity contribution in [3.63, 3.8) is 0 Å². The molecule has 0 unspecified atom stereocenters. The van der Waals surface area contributed by atoms with Crippen molar-refractivity contribution in [2.45, 2.75) is 19.6 Å². The summed E-state index contributed by atoms with van der Waals surface area (Å²) in [4.78, 5) is 0. The third-order valence-electron chi connectivity index (χ3n) is 7.86. The molecule has 0 radical (unpaired) electrons. The number of rotatable bonds is 9. The van der Waals surface area contributed by atoms with Crippen LogP contribution in [0.15, 0.2) is 158 Å². The van der Waals surface area contributed by atoms with Gasteiger partial charge >= 0.3 is 0 Å². The summed E-state index contributed by atoms with van der Waals surface area (Å²) >= 11 is 0. The normalized spacial score (nSPS) is 11.6. The first-order valence-electron chi connectivity index (χ1n) is 15.1. The van der Waals surface area contributed by atoms with Crippen molar-refractivity contribution in [1.29, 1.82) is 0 Å². The molecule has 0 aliphatic carbocycles. The summed E-state index contributed by atoms with van der Waals surface area (Å²) in [6.45, 7) is 7.40. The number of hydrogen-bond acceptors (Lipinski definition) is 1. The van der Waals surface area contributed by atoms with E-state index in [0.717, 1.165) is 5.75 Å². The van der Waals surface area contributed by atoms with Crippen LogP contribution in [0, 0.1) is 0 Å². The van der Waals surface area contributed by atoms with Gasteiger partial charge in [-0.2, -0.15) is 0 Å². The van der Waals surface area contributed by atoms with Gasteiger partial charge in [0.05, 0.1) is 15.2 Å². The van der Waals surface area contributed by atoms with Crippen molar-refractivity contribution >= 4 is 60.9 Å². The molecule has 4 heteroatoms. The first kappa shape index (κ1) is 30.2. The Morgan fingerprint density at radius 1 is 0.409 bits per heavy atom. The van der Waals surface area contributed by atoms with Gasteiger partial charge in [-0.25, -0.2) is 0 Å². The van der Waals surface area contributed by atoms with Crippen LogP contribution >= 0.6 is 15.8 Å². The largest absolute Gasteiger partial charge is 0.496 e. The second kappa shape index (κ2) is 13.5. The van der Waals surface area contributed by atoms with E-state index in [-0.39, 0.29) is 0 Å². The summed E-state index contributed by atoms with van der Waals surface area (Å²) in [6, 6.07) is 57.9. The average molecular weight is 625 g/mol. The number of benzene rings is 6. The minimum absolute atomic E-state index is 0.837. The Hall–Kier alpha value is -3.80. The number of methoxy groups -OCH3 is 1. The predicted molar refractivity (Wildman–Crippen MR) is 199 cm³/mol. The van der Waals surface area contributed by atoms with Crippen LogP contribution in [0.2, 0.25) is 19.6 Å². The third kappa shape index (κ3) is 6.22. The Kier molecular flexibility index (Phi) is 9.24. The molecule has 44 heavy (non-hydrogen) atoms. The topological polar surface area (TPSA) is 9.23 Å². The predicted octanol–water partition coefficient (Wildman–Crippen LogP) is 7.42. The molecule has 6 aromatic rings. The van der Waals surface area contributed by atoms with Crippen molar-refractivity contribution in [1.82, 2.24) is 0 Å². The lowest BCUT2D eigenvalue weighted by molar-refractivity contribution is 0.417. The van der Waals surface area contributed by atoms with Gasteiger partial charge in [-0.1, -0.05) is 176 Å². The SMILES string of the molecule is COc1cccc(P(c2ccccc2)c2ccccc2)c1-c1c(P(c2ccccc2)c2ccccc2)cccc1[Si](C)(C)C. The van der Waals surface area contributed by atoms with Crippen LogP contribution in [0.4, 0.5) is 0 Å². The van der Waals surface area contributed by atoms with E-state index in [1.165, 1.54) is 48.1 Å². The summed E-state index contributed by atoms with van der Waals surface area (Å²) < 4.78 is 6.31. The molecule has 0 amide bonds. The molecular formula is C40H38OP2Si. The van der Waals surface area contributed by atoms with E-state index in [1.807, 2.05) is 7.11 Å². The lowest BCUT2D eigenvalue weighted by Crippen LogP contribution is -2.42. The summed E-state index contributed by atoms with van der Waals surface area (Å²) in [5, 5.41) is 9.57. The molecule has 0 saturated carbocycles. The molecule has 0 fully saturated rings. The Bertz CT molecular complexity index is 1740. The second-order valence-corrected chi connectivity index (χ2v) is 21.2. The van der Waals surface area contributed by atoms with E-state index in [0.29, 0.717) is 0 Å². The van der Waals surface area contributed by atoms with Gasteiger partial charge in [0, 0.05) is 5.56 Å². The van der Waals surface area contributed by atoms with E-state index in [9.17, 15) is 0 Å². The monoisotopic (exact) mass is 624 g/mol. The molecule has 0 aliphatic heterocycles. The van der Waals surface area contributed by atoms with Crippen LogP contribution in [0.5, 0.6) is 5.75 Å².